The summed E-state index contributed by atoms with van der Waals surface area (Å²) in [6, 6.07) is 7.38. The molecule has 0 unspecified atom stereocenters. The van der Waals surface area contributed by atoms with E-state index in [1.165, 1.54) is 0 Å². The van der Waals surface area contributed by atoms with Crippen molar-refractivity contribution < 1.29 is 9.59 Å². The van der Waals surface area contributed by atoms with Crippen LogP contribution in [0, 0.1) is 0 Å². The average molecular weight is 229 g/mol. The number of carbonyl (C=O) groups is 2. The first-order valence-corrected chi connectivity index (χ1v) is 5.39. The second-order valence-corrected chi connectivity index (χ2v) is 4.09. The SMILES string of the molecule is NN1CCC(=O)c2c([nH]c3ccccc23)C1=O. The van der Waals surface area contributed by atoms with Gasteiger partial charge in [0.2, 0.25) is 0 Å². The van der Waals surface area contributed by atoms with Crippen LogP contribution in [0.2, 0.25) is 0 Å². The van der Waals surface area contributed by atoms with E-state index in [1.807, 2.05) is 24.3 Å². The number of ketones is 1. The highest BCUT2D eigenvalue weighted by atomic mass is 16.2. The Bertz CT molecular complexity index is 630. The first-order chi connectivity index (χ1) is 8.18. The van der Waals surface area contributed by atoms with Gasteiger partial charge in [-0.1, -0.05) is 18.2 Å². The molecule has 3 rings (SSSR count). The molecule has 1 aliphatic heterocycles. The summed E-state index contributed by atoms with van der Waals surface area (Å²) in [4.78, 5) is 27.0. The number of hydrogen-bond donors (Lipinski definition) is 2. The maximum absolute atomic E-state index is 12.0. The monoisotopic (exact) mass is 229 g/mol. The van der Waals surface area contributed by atoms with Crippen LogP contribution < -0.4 is 5.84 Å². The third-order valence-corrected chi connectivity index (χ3v) is 3.04. The van der Waals surface area contributed by atoms with Gasteiger partial charge in [0.15, 0.2) is 5.78 Å². The summed E-state index contributed by atoms with van der Waals surface area (Å²) in [5, 5.41) is 1.87. The second kappa shape index (κ2) is 3.43. The Kier molecular flexibility index (Phi) is 2.02. The molecule has 0 fully saturated rings. The molecule has 86 valence electrons. The van der Waals surface area contributed by atoms with Gasteiger partial charge in [-0.3, -0.25) is 14.6 Å². The Morgan fingerprint density at radius 2 is 2.00 bits per heavy atom. The number of rotatable bonds is 0. The molecule has 1 aliphatic rings. The molecule has 0 spiro atoms. The molecular formula is C12H11N3O2. The van der Waals surface area contributed by atoms with E-state index in [-0.39, 0.29) is 24.7 Å². The van der Waals surface area contributed by atoms with Gasteiger partial charge in [0, 0.05) is 23.9 Å². The van der Waals surface area contributed by atoms with Crippen LogP contribution in [0.3, 0.4) is 0 Å². The molecule has 0 bridgehead atoms. The van der Waals surface area contributed by atoms with Crippen molar-refractivity contribution in [2.24, 2.45) is 5.84 Å². The van der Waals surface area contributed by atoms with Gasteiger partial charge in [-0.25, -0.2) is 5.84 Å². The van der Waals surface area contributed by atoms with Crippen molar-refractivity contribution in [3.63, 3.8) is 0 Å². The lowest BCUT2D eigenvalue weighted by Crippen LogP contribution is -2.37. The highest BCUT2D eigenvalue weighted by Gasteiger charge is 2.28. The first kappa shape index (κ1) is 10.0. The molecule has 0 aliphatic carbocycles. The number of amides is 1. The molecule has 3 N–H and O–H groups in total. The van der Waals surface area contributed by atoms with E-state index in [9.17, 15) is 9.59 Å². The fraction of sp³-hybridized carbons (Fsp3) is 0.167. The number of nitrogens with one attached hydrogen (secondary N) is 1. The van der Waals surface area contributed by atoms with Gasteiger partial charge in [0.25, 0.3) is 5.91 Å². The summed E-state index contributed by atoms with van der Waals surface area (Å²) in [6.45, 7) is 0.258. The summed E-state index contributed by atoms with van der Waals surface area (Å²) in [6.07, 6.45) is 0.261. The van der Waals surface area contributed by atoms with E-state index in [1.54, 1.807) is 0 Å². The number of para-hydroxylation sites is 1. The maximum atomic E-state index is 12.0. The molecular weight excluding hydrogens is 218 g/mol. The minimum absolute atomic E-state index is 0.0428. The van der Waals surface area contributed by atoms with Crippen LogP contribution in [0.4, 0.5) is 0 Å². The summed E-state index contributed by atoms with van der Waals surface area (Å²) < 4.78 is 0. The Morgan fingerprint density at radius 3 is 2.82 bits per heavy atom. The normalized spacial score (nSPS) is 16.2. The molecule has 1 aromatic carbocycles. The average Bonchev–Trinajstić information content (AvgIpc) is 2.69. The summed E-state index contributed by atoms with van der Waals surface area (Å²) in [5.41, 5.74) is 1.56. The Hall–Kier alpha value is -2.14. The number of aromatic nitrogens is 1. The van der Waals surface area contributed by atoms with Gasteiger partial charge in [-0.15, -0.1) is 0 Å². The molecule has 0 atom stereocenters. The van der Waals surface area contributed by atoms with Crippen LogP contribution in [0.1, 0.15) is 27.3 Å². The van der Waals surface area contributed by atoms with Crippen molar-refractivity contribution in [1.29, 1.82) is 0 Å². The standard InChI is InChI=1S/C12H11N3O2/c13-15-6-5-9(16)10-7-3-1-2-4-8(7)14-11(10)12(15)17/h1-4,14H,5-6,13H2. The highest BCUT2D eigenvalue weighted by Crippen LogP contribution is 2.26. The number of hydrogen-bond acceptors (Lipinski definition) is 3. The number of hydrazine groups is 1. The number of nitrogens with two attached hydrogens (primary N) is 1. The van der Waals surface area contributed by atoms with Crippen molar-refractivity contribution in [1.82, 2.24) is 9.99 Å². The van der Waals surface area contributed by atoms with E-state index in [4.69, 9.17) is 5.84 Å². The molecule has 5 nitrogen and oxygen atoms in total. The quantitative estimate of drug-likeness (QED) is 0.524. The van der Waals surface area contributed by atoms with Crippen molar-refractivity contribution >= 4 is 22.6 Å². The lowest BCUT2D eigenvalue weighted by Gasteiger charge is -2.11. The Morgan fingerprint density at radius 1 is 1.24 bits per heavy atom. The van der Waals surface area contributed by atoms with Gasteiger partial charge in [-0.05, 0) is 6.07 Å². The minimum atomic E-state index is -0.331. The summed E-state index contributed by atoms with van der Waals surface area (Å²) in [5.74, 6) is 5.21. The molecule has 1 amide bonds. The molecule has 0 saturated heterocycles. The van der Waals surface area contributed by atoms with Gasteiger partial charge < -0.3 is 4.98 Å². The maximum Gasteiger partial charge on any atom is 0.284 e. The Labute approximate surface area is 97.2 Å². The van der Waals surface area contributed by atoms with Crippen LogP contribution in [0.5, 0.6) is 0 Å². The van der Waals surface area contributed by atoms with E-state index < -0.39 is 0 Å². The third kappa shape index (κ3) is 1.36. The number of aromatic amines is 1. The van der Waals surface area contributed by atoms with Gasteiger partial charge >= 0.3 is 0 Å². The fourth-order valence-corrected chi connectivity index (χ4v) is 2.18. The van der Waals surface area contributed by atoms with Crippen molar-refractivity contribution in [2.45, 2.75) is 6.42 Å². The predicted molar refractivity (Wildman–Crippen MR) is 62.5 cm³/mol. The smallest absolute Gasteiger partial charge is 0.284 e. The summed E-state index contributed by atoms with van der Waals surface area (Å²) >= 11 is 0. The van der Waals surface area contributed by atoms with Crippen LogP contribution in [-0.4, -0.2) is 28.2 Å². The molecule has 0 saturated carbocycles. The van der Waals surface area contributed by atoms with E-state index in [0.717, 1.165) is 15.9 Å². The number of nitrogens with zero attached hydrogens (tertiary/aromatic N) is 1. The second-order valence-electron chi connectivity index (χ2n) is 4.09. The van der Waals surface area contributed by atoms with Crippen LogP contribution in [-0.2, 0) is 0 Å². The van der Waals surface area contributed by atoms with E-state index in [0.29, 0.717) is 11.3 Å². The molecule has 2 heterocycles. The van der Waals surface area contributed by atoms with Gasteiger partial charge in [-0.2, -0.15) is 0 Å². The van der Waals surface area contributed by atoms with E-state index >= 15 is 0 Å². The van der Waals surface area contributed by atoms with Crippen molar-refractivity contribution in [3.8, 4) is 0 Å². The summed E-state index contributed by atoms with van der Waals surface area (Å²) in [7, 11) is 0. The number of fused-ring (bicyclic) bond motifs is 3. The van der Waals surface area contributed by atoms with Crippen LogP contribution in [0.15, 0.2) is 24.3 Å². The lowest BCUT2D eigenvalue weighted by molar-refractivity contribution is 0.0753. The predicted octanol–water partition coefficient (Wildman–Crippen LogP) is 1.07. The number of carbonyl (C=O) groups excluding carboxylic acids is 2. The minimum Gasteiger partial charge on any atom is -0.350 e. The highest BCUT2D eigenvalue weighted by molar-refractivity contribution is 6.17. The Balaban J connectivity index is 2.35. The molecule has 2 aromatic rings. The molecule has 5 heteroatoms. The lowest BCUT2D eigenvalue weighted by atomic mass is 10.1. The van der Waals surface area contributed by atoms with Crippen molar-refractivity contribution in [2.75, 3.05) is 6.54 Å². The molecule has 0 radical (unpaired) electrons. The van der Waals surface area contributed by atoms with Crippen molar-refractivity contribution in [3.05, 3.63) is 35.5 Å². The molecule has 1 aromatic heterocycles. The number of H-pyrrole nitrogens is 1. The fourth-order valence-electron chi connectivity index (χ4n) is 2.18. The van der Waals surface area contributed by atoms with Gasteiger partial charge in [0.05, 0.1) is 5.56 Å². The zero-order chi connectivity index (χ0) is 12.0. The number of benzene rings is 1. The van der Waals surface area contributed by atoms with Crippen LogP contribution >= 0.6 is 0 Å². The number of Topliss-reactive ketones (excluding diaryl/α,β-unsaturated/α-hetero) is 1. The van der Waals surface area contributed by atoms with Gasteiger partial charge in [0.1, 0.15) is 5.69 Å². The zero-order valence-electron chi connectivity index (χ0n) is 9.06. The van der Waals surface area contributed by atoms with E-state index in [2.05, 4.69) is 4.98 Å². The largest absolute Gasteiger partial charge is 0.350 e. The van der Waals surface area contributed by atoms with Crippen LogP contribution in [0.25, 0.3) is 10.9 Å². The first-order valence-electron chi connectivity index (χ1n) is 5.39. The molecule has 17 heavy (non-hydrogen) atoms. The topological polar surface area (TPSA) is 79.2 Å². The third-order valence-electron chi connectivity index (χ3n) is 3.04. The zero-order valence-corrected chi connectivity index (χ0v) is 9.06.